The zero-order valence-corrected chi connectivity index (χ0v) is 11.5. The first-order chi connectivity index (χ1) is 6.84. The van der Waals surface area contributed by atoms with Crippen LogP contribution in [0.4, 0.5) is 0 Å². The summed E-state index contributed by atoms with van der Waals surface area (Å²) in [6.07, 6.45) is 4.21. The van der Waals surface area contributed by atoms with Crippen LogP contribution in [-0.4, -0.2) is 23.0 Å². The molecule has 0 aromatic rings. The number of hydrogen-bond acceptors (Lipinski definition) is 1. The highest BCUT2D eigenvalue weighted by Gasteiger charge is 2.34. The van der Waals surface area contributed by atoms with Crippen LogP contribution in [-0.2, 0) is 0 Å². The molecule has 0 aliphatic carbocycles. The Balaban J connectivity index is 2.74. The van der Waals surface area contributed by atoms with Gasteiger partial charge in [-0.05, 0) is 52.0 Å². The maximum Gasteiger partial charge on any atom is 0.0128 e. The molecule has 90 valence electrons. The fourth-order valence-corrected chi connectivity index (χ4v) is 2.78. The molecule has 0 aromatic heterocycles. The van der Waals surface area contributed by atoms with Crippen molar-refractivity contribution in [3.63, 3.8) is 0 Å². The third-order valence-electron chi connectivity index (χ3n) is 4.07. The molecular formula is C14H29N. The highest BCUT2D eigenvalue weighted by atomic mass is 15.2. The van der Waals surface area contributed by atoms with Crippen LogP contribution in [0.15, 0.2) is 0 Å². The Kier molecular flexibility index (Phi) is 4.22. The predicted molar refractivity (Wildman–Crippen MR) is 68.1 cm³/mol. The van der Waals surface area contributed by atoms with E-state index in [2.05, 4.69) is 46.4 Å². The van der Waals surface area contributed by atoms with E-state index in [-0.39, 0.29) is 0 Å². The van der Waals surface area contributed by atoms with Crippen molar-refractivity contribution in [3.05, 3.63) is 0 Å². The van der Waals surface area contributed by atoms with E-state index in [0.29, 0.717) is 5.54 Å². The molecule has 1 nitrogen and oxygen atoms in total. The van der Waals surface area contributed by atoms with E-state index < -0.39 is 0 Å². The van der Waals surface area contributed by atoms with Gasteiger partial charge in [0, 0.05) is 11.6 Å². The largest absolute Gasteiger partial charge is 0.295 e. The molecule has 0 aromatic carbocycles. The smallest absolute Gasteiger partial charge is 0.0128 e. The Morgan fingerprint density at radius 1 is 1.07 bits per heavy atom. The lowest BCUT2D eigenvalue weighted by Crippen LogP contribution is -2.53. The summed E-state index contributed by atoms with van der Waals surface area (Å²) in [5, 5.41) is 0. The lowest BCUT2D eigenvalue weighted by Gasteiger charge is -2.48. The fraction of sp³-hybridized carbons (Fsp3) is 1.00. The summed E-state index contributed by atoms with van der Waals surface area (Å²) in [5.74, 6) is 1.63. The van der Waals surface area contributed by atoms with Gasteiger partial charge in [-0.3, -0.25) is 4.90 Å². The van der Waals surface area contributed by atoms with Crippen molar-refractivity contribution in [1.29, 1.82) is 0 Å². The van der Waals surface area contributed by atoms with Gasteiger partial charge >= 0.3 is 0 Å². The van der Waals surface area contributed by atoms with Gasteiger partial charge < -0.3 is 0 Å². The first kappa shape index (κ1) is 13.0. The second-order valence-corrected chi connectivity index (χ2v) is 6.53. The molecule has 1 heteroatoms. The number of piperidine rings is 1. The van der Waals surface area contributed by atoms with Gasteiger partial charge in [-0.1, -0.05) is 27.2 Å². The second-order valence-electron chi connectivity index (χ2n) is 6.53. The summed E-state index contributed by atoms with van der Waals surface area (Å²) >= 11 is 0. The van der Waals surface area contributed by atoms with Crippen molar-refractivity contribution in [2.75, 3.05) is 6.54 Å². The SMILES string of the molecule is CC(C)C(C)C1CCCCN1C(C)(C)C. The minimum absolute atomic E-state index is 0.342. The first-order valence-corrected chi connectivity index (χ1v) is 6.60. The van der Waals surface area contributed by atoms with Gasteiger partial charge in [0.2, 0.25) is 0 Å². The second kappa shape index (κ2) is 4.86. The number of hydrogen-bond donors (Lipinski definition) is 0. The molecule has 1 saturated heterocycles. The van der Waals surface area contributed by atoms with Crippen molar-refractivity contribution in [2.45, 2.75) is 72.4 Å². The maximum atomic E-state index is 2.74. The Morgan fingerprint density at radius 2 is 1.67 bits per heavy atom. The average Bonchev–Trinajstić information content (AvgIpc) is 2.15. The van der Waals surface area contributed by atoms with Crippen molar-refractivity contribution < 1.29 is 0 Å². The molecule has 1 aliphatic rings. The van der Waals surface area contributed by atoms with E-state index >= 15 is 0 Å². The molecule has 0 spiro atoms. The summed E-state index contributed by atoms with van der Waals surface area (Å²) in [7, 11) is 0. The molecule has 1 heterocycles. The summed E-state index contributed by atoms with van der Waals surface area (Å²) in [6.45, 7) is 15.5. The highest BCUT2D eigenvalue weighted by molar-refractivity contribution is 4.89. The Bertz CT molecular complexity index is 190. The molecule has 1 fully saturated rings. The first-order valence-electron chi connectivity index (χ1n) is 6.60. The van der Waals surface area contributed by atoms with Crippen LogP contribution in [0.1, 0.15) is 60.8 Å². The van der Waals surface area contributed by atoms with Crippen molar-refractivity contribution in [1.82, 2.24) is 4.90 Å². The van der Waals surface area contributed by atoms with E-state index in [0.717, 1.165) is 17.9 Å². The number of likely N-dealkylation sites (tertiary alicyclic amines) is 1. The fourth-order valence-electron chi connectivity index (χ4n) is 2.78. The van der Waals surface area contributed by atoms with E-state index in [1.165, 1.54) is 25.8 Å². The molecule has 0 radical (unpaired) electrons. The lowest BCUT2D eigenvalue weighted by molar-refractivity contribution is 0.0131. The summed E-state index contributed by atoms with van der Waals surface area (Å²) in [6, 6.07) is 0.804. The maximum absolute atomic E-state index is 2.74. The van der Waals surface area contributed by atoms with Gasteiger partial charge in [0.05, 0.1) is 0 Å². The molecule has 0 saturated carbocycles. The van der Waals surface area contributed by atoms with Crippen LogP contribution in [0.5, 0.6) is 0 Å². The zero-order chi connectivity index (χ0) is 11.6. The minimum Gasteiger partial charge on any atom is -0.295 e. The van der Waals surface area contributed by atoms with Crippen LogP contribution in [0.2, 0.25) is 0 Å². The Labute approximate surface area is 96.2 Å². The molecule has 2 unspecified atom stereocenters. The summed E-state index contributed by atoms with van der Waals surface area (Å²) in [5.41, 5.74) is 0.342. The van der Waals surface area contributed by atoms with E-state index in [1.807, 2.05) is 0 Å². The van der Waals surface area contributed by atoms with Crippen molar-refractivity contribution in [3.8, 4) is 0 Å². The summed E-state index contributed by atoms with van der Waals surface area (Å²) in [4.78, 5) is 2.74. The third kappa shape index (κ3) is 3.21. The predicted octanol–water partition coefficient (Wildman–Crippen LogP) is 3.93. The monoisotopic (exact) mass is 211 g/mol. The number of rotatable bonds is 2. The topological polar surface area (TPSA) is 3.24 Å². The lowest BCUT2D eigenvalue weighted by atomic mass is 9.82. The Morgan fingerprint density at radius 3 is 2.13 bits per heavy atom. The van der Waals surface area contributed by atoms with Gasteiger partial charge in [-0.25, -0.2) is 0 Å². The molecule has 15 heavy (non-hydrogen) atoms. The van der Waals surface area contributed by atoms with Crippen LogP contribution in [0.3, 0.4) is 0 Å². The summed E-state index contributed by atoms with van der Waals surface area (Å²) < 4.78 is 0. The molecule has 1 rings (SSSR count). The van der Waals surface area contributed by atoms with E-state index in [1.54, 1.807) is 0 Å². The highest BCUT2D eigenvalue weighted by Crippen LogP contribution is 2.32. The normalized spacial score (nSPS) is 27.0. The molecule has 0 N–H and O–H groups in total. The van der Waals surface area contributed by atoms with Crippen LogP contribution < -0.4 is 0 Å². The van der Waals surface area contributed by atoms with Gasteiger partial charge in [0.1, 0.15) is 0 Å². The van der Waals surface area contributed by atoms with Crippen LogP contribution in [0.25, 0.3) is 0 Å². The quantitative estimate of drug-likeness (QED) is 0.669. The van der Waals surface area contributed by atoms with Crippen LogP contribution in [0, 0.1) is 11.8 Å². The Hall–Kier alpha value is -0.0400. The van der Waals surface area contributed by atoms with Gasteiger partial charge in [-0.15, -0.1) is 0 Å². The van der Waals surface area contributed by atoms with Crippen LogP contribution >= 0.6 is 0 Å². The zero-order valence-electron chi connectivity index (χ0n) is 11.5. The van der Waals surface area contributed by atoms with E-state index in [4.69, 9.17) is 0 Å². The molecular weight excluding hydrogens is 182 g/mol. The van der Waals surface area contributed by atoms with Gasteiger partial charge in [-0.2, -0.15) is 0 Å². The average molecular weight is 211 g/mol. The standard InChI is InChI=1S/C14H29N/c1-11(2)12(3)13-9-7-8-10-15(13)14(4,5)6/h11-13H,7-10H2,1-6H3. The molecule has 1 aliphatic heterocycles. The molecule has 0 amide bonds. The number of nitrogens with zero attached hydrogens (tertiary/aromatic N) is 1. The van der Waals surface area contributed by atoms with Gasteiger partial charge in [0.15, 0.2) is 0 Å². The minimum atomic E-state index is 0.342. The van der Waals surface area contributed by atoms with Crippen molar-refractivity contribution in [2.24, 2.45) is 11.8 Å². The molecule has 0 bridgehead atoms. The molecule has 2 atom stereocenters. The van der Waals surface area contributed by atoms with E-state index in [9.17, 15) is 0 Å². The van der Waals surface area contributed by atoms with Crippen molar-refractivity contribution >= 4 is 0 Å². The van der Waals surface area contributed by atoms with Gasteiger partial charge in [0.25, 0.3) is 0 Å². The third-order valence-corrected chi connectivity index (χ3v) is 4.07.